The quantitative estimate of drug-likeness (QED) is 0.634. The molecule has 5 nitrogen and oxygen atoms in total. The first-order valence-electron chi connectivity index (χ1n) is 7.47. The Bertz CT molecular complexity index is 458. The molecule has 5 heteroatoms. The first kappa shape index (κ1) is 15.6. The maximum Gasteiger partial charge on any atom is 0.191 e. The zero-order valence-corrected chi connectivity index (χ0v) is 13.2. The van der Waals surface area contributed by atoms with Crippen LogP contribution in [-0.4, -0.2) is 51.7 Å². The van der Waals surface area contributed by atoms with Gasteiger partial charge in [-0.05, 0) is 43.6 Å². The molecule has 21 heavy (non-hydrogen) atoms. The highest BCUT2D eigenvalue weighted by molar-refractivity contribution is 5.79. The second-order valence-corrected chi connectivity index (χ2v) is 5.57. The van der Waals surface area contributed by atoms with Crippen LogP contribution in [0.1, 0.15) is 12.0 Å². The van der Waals surface area contributed by atoms with E-state index in [1.165, 1.54) is 25.1 Å². The van der Waals surface area contributed by atoms with E-state index < -0.39 is 0 Å². The minimum atomic E-state index is 0.717. The molecule has 1 aliphatic rings. The first-order chi connectivity index (χ1) is 10.2. The van der Waals surface area contributed by atoms with Gasteiger partial charge >= 0.3 is 0 Å². The Balaban J connectivity index is 1.74. The third-order valence-corrected chi connectivity index (χ3v) is 3.89. The molecule has 1 fully saturated rings. The van der Waals surface area contributed by atoms with E-state index in [-0.39, 0.29) is 0 Å². The fraction of sp³-hybridized carbons (Fsp3) is 0.562. The van der Waals surface area contributed by atoms with Gasteiger partial charge in [-0.2, -0.15) is 0 Å². The molecule has 116 valence electrons. The minimum absolute atomic E-state index is 0.717. The zero-order chi connectivity index (χ0) is 15.1. The van der Waals surface area contributed by atoms with E-state index in [4.69, 9.17) is 4.74 Å². The molecule has 0 spiro atoms. The second-order valence-electron chi connectivity index (χ2n) is 5.57. The first-order valence-corrected chi connectivity index (χ1v) is 7.47. The van der Waals surface area contributed by atoms with Crippen LogP contribution in [0.25, 0.3) is 0 Å². The van der Waals surface area contributed by atoms with Crippen LogP contribution in [0.3, 0.4) is 0 Å². The molecule has 0 aliphatic carbocycles. The lowest BCUT2D eigenvalue weighted by Gasteiger charge is -2.15. The summed E-state index contributed by atoms with van der Waals surface area (Å²) in [7, 11) is 5.67. The molecule has 1 saturated heterocycles. The summed E-state index contributed by atoms with van der Waals surface area (Å²) in [5.74, 6) is 2.46. The lowest BCUT2D eigenvalue weighted by Crippen LogP contribution is -2.39. The standard InChI is InChI=1S/C16H26N4O/c1-17-16(19-11-14-8-9-20(2)12-14)18-10-13-4-6-15(21-3)7-5-13/h4-7,14H,8-12H2,1-3H3,(H2,17,18,19). The second kappa shape index (κ2) is 7.88. The maximum absolute atomic E-state index is 5.16. The van der Waals surface area contributed by atoms with E-state index in [9.17, 15) is 0 Å². The molecule has 0 aromatic heterocycles. The normalized spacial score (nSPS) is 19.6. The highest BCUT2D eigenvalue weighted by atomic mass is 16.5. The lowest BCUT2D eigenvalue weighted by molar-refractivity contribution is 0.394. The van der Waals surface area contributed by atoms with Gasteiger partial charge in [0.2, 0.25) is 0 Å². The van der Waals surface area contributed by atoms with Crippen molar-refractivity contribution in [2.45, 2.75) is 13.0 Å². The van der Waals surface area contributed by atoms with Crippen molar-refractivity contribution in [2.24, 2.45) is 10.9 Å². The molecule has 0 bridgehead atoms. The number of rotatable bonds is 5. The Morgan fingerprint density at radius 3 is 2.67 bits per heavy atom. The minimum Gasteiger partial charge on any atom is -0.497 e. The van der Waals surface area contributed by atoms with Crippen LogP contribution in [0.5, 0.6) is 5.75 Å². The summed E-state index contributed by atoms with van der Waals surface area (Å²) in [6, 6.07) is 8.07. The summed E-state index contributed by atoms with van der Waals surface area (Å²) < 4.78 is 5.16. The SMILES string of the molecule is CN=C(NCc1ccc(OC)cc1)NCC1CCN(C)C1. The van der Waals surface area contributed by atoms with Crippen LogP contribution in [0, 0.1) is 5.92 Å². The Kier molecular flexibility index (Phi) is 5.87. The zero-order valence-electron chi connectivity index (χ0n) is 13.2. The number of ether oxygens (including phenoxy) is 1. The molecule has 0 saturated carbocycles. The molecule has 0 amide bonds. The predicted molar refractivity (Wildman–Crippen MR) is 86.8 cm³/mol. The third kappa shape index (κ3) is 4.93. The Morgan fingerprint density at radius 1 is 1.33 bits per heavy atom. The summed E-state index contributed by atoms with van der Waals surface area (Å²) in [4.78, 5) is 6.65. The van der Waals surface area contributed by atoms with Gasteiger partial charge in [0.05, 0.1) is 7.11 Å². The average Bonchev–Trinajstić information content (AvgIpc) is 2.93. The number of hydrogen-bond acceptors (Lipinski definition) is 3. The molecular weight excluding hydrogens is 264 g/mol. The monoisotopic (exact) mass is 290 g/mol. The summed E-state index contributed by atoms with van der Waals surface area (Å²) in [5.41, 5.74) is 1.21. The van der Waals surface area contributed by atoms with Gasteiger partial charge in [-0.25, -0.2) is 0 Å². The van der Waals surface area contributed by atoms with Crippen molar-refractivity contribution >= 4 is 5.96 Å². The number of hydrogen-bond donors (Lipinski definition) is 2. The smallest absolute Gasteiger partial charge is 0.191 e. The van der Waals surface area contributed by atoms with Crippen molar-refractivity contribution in [3.05, 3.63) is 29.8 Å². The largest absolute Gasteiger partial charge is 0.497 e. The fourth-order valence-corrected chi connectivity index (χ4v) is 2.58. The van der Waals surface area contributed by atoms with Gasteiger partial charge in [-0.3, -0.25) is 4.99 Å². The van der Waals surface area contributed by atoms with Crippen LogP contribution < -0.4 is 15.4 Å². The van der Waals surface area contributed by atoms with Gasteiger partial charge < -0.3 is 20.3 Å². The van der Waals surface area contributed by atoms with E-state index in [2.05, 4.69) is 39.7 Å². The van der Waals surface area contributed by atoms with Crippen molar-refractivity contribution < 1.29 is 4.74 Å². The molecule has 1 aliphatic heterocycles. The van der Waals surface area contributed by atoms with Crippen LogP contribution in [-0.2, 0) is 6.54 Å². The van der Waals surface area contributed by atoms with Crippen LogP contribution in [0.15, 0.2) is 29.3 Å². The number of likely N-dealkylation sites (tertiary alicyclic amines) is 1. The highest BCUT2D eigenvalue weighted by Gasteiger charge is 2.19. The lowest BCUT2D eigenvalue weighted by atomic mass is 10.1. The maximum atomic E-state index is 5.16. The van der Waals surface area contributed by atoms with E-state index in [1.54, 1.807) is 7.11 Å². The Labute approximate surface area is 127 Å². The summed E-state index contributed by atoms with van der Waals surface area (Å²) >= 11 is 0. The van der Waals surface area contributed by atoms with Gasteiger partial charge in [0, 0.05) is 26.7 Å². The Morgan fingerprint density at radius 2 is 2.10 bits per heavy atom. The third-order valence-electron chi connectivity index (χ3n) is 3.89. The van der Waals surface area contributed by atoms with E-state index >= 15 is 0 Å². The van der Waals surface area contributed by atoms with Gasteiger partial charge in [0.15, 0.2) is 5.96 Å². The van der Waals surface area contributed by atoms with Crippen molar-refractivity contribution in [1.29, 1.82) is 0 Å². The molecular formula is C16H26N4O. The van der Waals surface area contributed by atoms with Crippen molar-refractivity contribution in [3.63, 3.8) is 0 Å². The van der Waals surface area contributed by atoms with Crippen LogP contribution >= 0.6 is 0 Å². The molecule has 1 aromatic rings. The highest BCUT2D eigenvalue weighted by Crippen LogP contribution is 2.13. The summed E-state index contributed by atoms with van der Waals surface area (Å²) in [6.45, 7) is 4.10. The molecule has 1 heterocycles. The van der Waals surface area contributed by atoms with Gasteiger partial charge in [0.25, 0.3) is 0 Å². The number of nitrogens with zero attached hydrogens (tertiary/aromatic N) is 2. The number of benzene rings is 1. The summed E-state index contributed by atoms with van der Waals surface area (Å²) in [6.07, 6.45) is 1.26. The summed E-state index contributed by atoms with van der Waals surface area (Å²) in [5, 5.41) is 6.76. The molecule has 2 rings (SSSR count). The van der Waals surface area contributed by atoms with Gasteiger partial charge in [-0.1, -0.05) is 12.1 Å². The van der Waals surface area contributed by atoms with Crippen molar-refractivity contribution in [3.8, 4) is 5.75 Å². The van der Waals surface area contributed by atoms with Gasteiger partial charge in [-0.15, -0.1) is 0 Å². The van der Waals surface area contributed by atoms with Gasteiger partial charge in [0.1, 0.15) is 5.75 Å². The van der Waals surface area contributed by atoms with E-state index in [0.29, 0.717) is 0 Å². The topological polar surface area (TPSA) is 48.9 Å². The van der Waals surface area contributed by atoms with Crippen LogP contribution in [0.2, 0.25) is 0 Å². The number of aliphatic imine (C=N–C) groups is 1. The number of nitrogens with one attached hydrogen (secondary N) is 2. The molecule has 1 atom stereocenters. The molecule has 2 N–H and O–H groups in total. The Hall–Kier alpha value is -1.75. The average molecular weight is 290 g/mol. The molecule has 1 aromatic carbocycles. The van der Waals surface area contributed by atoms with E-state index in [0.717, 1.165) is 30.7 Å². The molecule has 1 unspecified atom stereocenters. The molecule has 0 radical (unpaired) electrons. The predicted octanol–water partition coefficient (Wildman–Crippen LogP) is 1.31. The van der Waals surface area contributed by atoms with Crippen molar-refractivity contribution in [1.82, 2.24) is 15.5 Å². The number of guanidine groups is 1. The van der Waals surface area contributed by atoms with Crippen molar-refractivity contribution in [2.75, 3.05) is 40.8 Å². The van der Waals surface area contributed by atoms with Crippen LogP contribution in [0.4, 0.5) is 0 Å². The van der Waals surface area contributed by atoms with E-state index in [1.807, 2.05) is 19.2 Å². The number of methoxy groups -OCH3 is 1. The fourth-order valence-electron chi connectivity index (χ4n) is 2.58.